The molecule has 0 saturated carbocycles. The molecule has 0 rings (SSSR count). The normalized spacial score (nSPS) is 16.9. The average molecular weight is 460 g/mol. The van der Waals surface area contributed by atoms with Gasteiger partial charge in [-0.25, -0.2) is 4.79 Å². The van der Waals surface area contributed by atoms with E-state index in [-0.39, 0.29) is 18.3 Å². The first kappa shape index (κ1) is 29.8. The van der Waals surface area contributed by atoms with E-state index in [1.54, 1.807) is 27.7 Å². The van der Waals surface area contributed by atoms with Crippen LogP contribution in [0.3, 0.4) is 0 Å². The number of nitrogens with two attached hydrogens (primary N) is 2. The molecule has 0 aromatic rings. The highest BCUT2D eigenvalue weighted by molar-refractivity contribution is 5.94. The Bertz CT molecular complexity index is 628. The summed E-state index contributed by atoms with van der Waals surface area (Å²) in [6, 6.07) is -4.38. The molecule has 0 aliphatic rings. The van der Waals surface area contributed by atoms with Crippen molar-refractivity contribution in [3.05, 3.63) is 0 Å². The molecule has 0 heterocycles. The molecule has 11 heteroatoms. The molecule has 11 nitrogen and oxygen atoms in total. The second kappa shape index (κ2) is 14.8. The van der Waals surface area contributed by atoms with Gasteiger partial charge in [-0.1, -0.05) is 34.1 Å². The number of carboxylic acids is 1. The second-order valence-electron chi connectivity index (χ2n) is 8.55. The summed E-state index contributed by atoms with van der Waals surface area (Å²) in [4.78, 5) is 49.5. The lowest BCUT2D eigenvalue weighted by Gasteiger charge is -2.28. The third-order valence-corrected chi connectivity index (χ3v) is 5.44. The number of aliphatic hydroxyl groups is 1. The second-order valence-corrected chi connectivity index (χ2v) is 8.55. The van der Waals surface area contributed by atoms with Gasteiger partial charge in [0.2, 0.25) is 17.7 Å². The van der Waals surface area contributed by atoms with Crippen LogP contribution in [-0.2, 0) is 19.2 Å². The first-order valence-corrected chi connectivity index (χ1v) is 11.1. The lowest BCUT2D eigenvalue weighted by molar-refractivity contribution is -0.144. The van der Waals surface area contributed by atoms with Crippen molar-refractivity contribution in [3.63, 3.8) is 0 Å². The van der Waals surface area contributed by atoms with E-state index in [0.717, 1.165) is 0 Å². The number of carbonyl (C=O) groups is 4. The predicted octanol–water partition coefficient (Wildman–Crippen LogP) is -0.935. The zero-order valence-corrected chi connectivity index (χ0v) is 19.8. The number of nitrogens with one attached hydrogen (secondary N) is 3. The zero-order chi connectivity index (χ0) is 25.0. The molecule has 9 N–H and O–H groups in total. The van der Waals surface area contributed by atoms with Gasteiger partial charge in [-0.2, -0.15) is 0 Å². The lowest BCUT2D eigenvalue weighted by atomic mass is 9.98. The highest BCUT2D eigenvalue weighted by Crippen LogP contribution is 2.10. The number of rotatable bonds is 15. The highest BCUT2D eigenvalue weighted by Gasteiger charge is 2.34. The number of unbranched alkanes of at least 4 members (excludes halogenated alkanes) is 1. The van der Waals surface area contributed by atoms with Crippen LogP contribution in [0.4, 0.5) is 0 Å². The molecule has 186 valence electrons. The van der Waals surface area contributed by atoms with Crippen molar-refractivity contribution in [1.29, 1.82) is 0 Å². The summed E-state index contributed by atoms with van der Waals surface area (Å²) in [5.74, 6) is -3.73. The van der Waals surface area contributed by atoms with E-state index in [1.807, 2.05) is 0 Å². The minimum Gasteiger partial charge on any atom is -0.480 e. The fourth-order valence-corrected chi connectivity index (χ4v) is 2.92. The first-order chi connectivity index (χ1) is 14.9. The molecule has 6 atom stereocenters. The van der Waals surface area contributed by atoms with E-state index in [2.05, 4.69) is 16.0 Å². The SMILES string of the molecule is CCC(C)C(NC(=O)C(NC(=O)C(CCCCN)NC(=O)C(N)C(C)C)C(C)O)C(=O)O. The Balaban J connectivity index is 5.47. The molecule has 0 aromatic carbocycles. The number of aliphatic carboxylic acids is 1. The standard InChI is InChI=1S/C21H41N5O6/c1-6-12(4)16(21(31)32)25-20(30)17(13(5)27)26-18(28)14(9-7-8-10-22)24-19(29)15(23)11(2)3/h11-17,27H,6-10,22-23H2,1-5H3,(H,24,29)(H,25,30)(H,26,28)(H,31,32). The van der Waals surface area contributed by atoms with Gasteiger partial charge in [0.15, 0.2) is 0 Å². The molecular formula is C21H41N5O6. The van der Waals surface area contributed by atoms with Crippen LogP contribution >= 0.6 is 0 Å². The van der Waals surface area contributed by atoms with Crippen LogP contribution in [0.5, 0.6) is 0 Å². The van der Waals surface area contributed by atoms with Crippen LogP contribution in [0.15, 0.2) is 0 Å². The Labute approximate surface area is 190 Å². The molecule has 6 unspecified atom stereocenters. The van der Waals surface area contributed by atoms with Gasteiger partial charge >= 0.3 is 5.97 Å². The summed E-state index contributed by atoms with van der Waals surface area (Å²) >= 11 is 0. The third-order valence-electron chi connectivity index (χ3n) is 5.44. The Morgan fingerprint density at radius 2 is 1.44 bits per heavy atom. The maximum Gasteiger partial charge on any atom is 0.326 e. The van der Waals surface area contributed by atoms with Gasteiger partial charge in [0.25, 0.3) is 0 Å². The fourth-order valence-electron chi connectivity index (χ4n) is 2.92. The zero-order valence-electron chi connectivity index (χ0n) is 19.8. The van der Waals surface area contributed by atoms with E-state index in [1.165, 1.54) is 6.92 Å². The van der Waals surface area contributed by atoms with Gasteiger partial charge in [0, 0.05) is 0 Å². The Hall–Kier alpha value is -2.24. The average Bonchev–Trinajstić information content (AvgIpc) is 2.72. The van der Waals surface area contributed by atoms with Crippen molar-refractivity contribution in [1.82, 2.24) is 16.0 Å². The molecule has 3 amide bonds. The van der Waals surface area contributed by atoms with Gasteiger partial charge in [-0.05, 0) is 44.6 Å². The number of carbonyl (C=O) groups excluding carboxylic acids is 3. The van der Waals surface area contributed by atoms with E-state index < -0.39 is 54.0 Å². The molecule has 0 bridgehead atoms. The monoisotopic (exact) mass is 459 g/mol. The van der Waals surface area contributed by atoms with Gasteiger partial charge in [0.05, 0.1) is 12.1 Å². The molecule has 0 aromatic heterocycles. The van der Waals surface area contributed by atoms with Crippen LogP contribution in [-0.4, -0.2) is 70.7 Å². The Morgan fingerprint density at radius 1 is 0.875 bits per heavy atom. The largest absolute Gasteiger partial charge is 0.480 e. The van der Waals surface area contributed by atoms with Crippen LogP contribution in [0.25, 0.3) is 0 Å². The van der Waals surface area contributed by atoms with Gasteiger partial charge in [-0.3, -0.25) is 14.4 Å². The summed E-state index contributed by atoms with van der Waals surface area (Å²) in [6.45, 7) is 8.74. The minimum atomic E-state index is -1.40. The van der Waals surface area contributed by atoms with Crippen molar-refractivity contribution in [2.45, 2.75) is 90.6 Å². The summed E-state index contributed by atoms with van der Waals surface area (Å²) in [5.41, 5.74) is 11.4. The molecule has 0 fully saturated rings. The number of aliphatic hydroxyl groups excluding tert-OH is 1. The van der Waals surface area contributed by atoms with Crippen LogP contribution in [0, 0.1) is 11.8 Å². The van der Waals surface area contributed by atoms with Crippen molar-refractivity contribution >= 4 is 23.7 Å². The summed E-state index contributed by atoms with van der Waals surface area (Å²) < 4.78 is 0. The highest BCUT2D eigenvalue weighted by atomic mass is 16.4. The van der Waals surface area contributed by atoms with Gasteiger partial charge in [-0.15, -0.1) is 0 Å². The summed E-state index contributed by atoms with van der Waals surface area (Å²) in [5, 5.41) is 26.9. The summed E-state index contributed by atoms with van der Waals surface area (Å²) in [6.07, 6.45) is 0.647. The van der Waals surface area contributed by atoms with Crippen LogP contribution in [0.2, 0.25) is 0 Å². The first-order valence-electron chi connectivity index (χ1n) is 11.1. The molecule has 0 saturated heterocycles. The maximum atomic E-state index is 12.9. The number of hydrogen-bond donors (Lipinski definition) is 7. The van der Waals surface area contributed by atoms with E-state index in [0.29, 0.717) is 25.8 Å². The number of hydrogen-bond acceptors (Lipinski definition) is 7. The molecular weight excluding hydrogens is 418 g/mol. The van der Waals surface area contributed by atoms with Crippen molar-refractivity contribution < 1.29 is 29.4 Å². The van der Waals surface area contributed by atoms with Crippen LogP contribution in [0.1, 0.15) is 60.3 Å². The number of carboxylic acid groups (broad SMARTS) is 1. The molecule has 0 aliphatic carbocycles. The minimum absolute atomic E-state index is 0.146. The van der Waals surface area contributed by atoms with Crippen molar-refractivity contribution in [2.24, 2.45) is 23.3 Å². The lowest BCUT2D eigenvalue weighted by Crippen LogP contribution is -2.60. The molecule has 32 heavy (non-hydrogen) atoms. The molecule has 0 spiro atoms. The smallest absolute Gasteiger partial charge is 0.326 e. The van der Waals surface area contributed by atoms with Crippen molar-refractivity contribution in [3.8, 4) is 0 Å². The van der Waals surface area contributed by atoms with Gasteiger partial charge in [0.1, 0.15) is 18.1 Å². The maximum absolute atomic E-state index is 12.9. The summed E-state index contributed by atoms with van der Waals surface area (Å²) in [7, 11) is 0. The van der Waals surface area contributed by atoms with Crippen LogP contribution < -0.4 is 27.4 Å². The quantitative estimate of drug-likeness (QED) is 0.152. The predicted molar refractivity (Wildman–Crippen MR) is 120 cm³/mol. The fraction of sp³-hybridized carbons (Fsp3) is 0.810. The Kier molecular flexibility index (Phi) is 13.7. The van der Waals surface area contributed by atoms with E-state index in [4.69, 9.17) is 11.5 Å². The van der Waals surface area contributed by atoms with E-state index in [9.17, 15) is 29.4 Å². The Morgan fingerprint density at radius 3 is 1.88 bits per heavy atom. The molecule has 0 aliphatic heterocycles. The van der Waals surface area contributed by atoms with Gasteiger partial charge < -0.3 is 37.6 Å². The topological polar surface area (TPSA) is 197 Å². The third kappa shape index (κ3) is 9.92. The number of amides is 3. The molecule has 0 radical (unpaired) electrons. The van der Waals surface area contributed by atoms with Crippen molar-refractivity contribution in [2.75, 3.05) is 6.54 Å². The van der Waals surface area contributed by atoms with E-state index >= 15 is 0 Å².